The lowest BCUT2D eigenvalue weighted by atomic mass is 10.0. The fourth-order valence-corrected chi connectivity index (χ4v) is 5.79. The average molecular weight is 555 g/mol. The second kappa shape index (κ2) is 10.8. The quantitative estimate of drug-likeness (QED) is 0.427. The van der Waals surface area contributed by atoms with Gasteiger partial charge in [0.1, 0.15) is 17.1 Å². The van der Waals surface area contributed by atoms with Gasteiger partial charge in [-0.3, -0.25) is 4.90 Å². The van der Waals surface area contributed by atoms with Crippen LogP contribution in [0.25, 0.3) is 0 Å². The van der Waals surface area contributed by atoms with Crippen LogP contribution >= 0.6 is 0 Å². The minimum atomic E-state index is -4.59. The van der Waals surface area contributed by atoms with Crippen molar-refractivity contribution in [2.24, 2.45) is 0 Å². The largest absolute Gasteiger partial charge is 0.494 e. The van der Waals surface area contributed by atoms with E-state index < -0.39 is 11.7 Å². The third-order valence-corrected chi connectivity index (χ3v) is 8.25. The van der Waals surface area contributed by atoms with Gasteiger partial charge in [-0.05, 0) is 29.7 Å². The fourth-order valence-electron chi connectivity index (χ4n) is 5.79. The SMILES string of the molecule is COc1cc(N2CCN(C3COC3)CC2)ccc1Nc1ncc(C(F)(F)F)c(N[C@@H]2Cc3ccccc3[C@H]2C)n1. The second-order valence-electron chi connectivity index (χ2n) is 10.6. The van der Waals surface area contributed by atoms with Gasteiger partial charge in [0.15, 0.2) is 0 Å². The lowest BCUT2D eigenvalue weighted by molar-refractivity contribution is -0.137. The standard InChI is InChI=1S/C29H33F3N6O2/c1-18-22-6-4-3-5-19(22)13-25(18)34-27-23(29(30,31)32)15-33-28(36-27)35-24-8-7-20(14-26(24)39-2)37-9-11-38(12-10-37)21-16-40-17-21/h3-8,14-15,18,21,25H,9-13,16-17H2,1-2H3,(H2,33,34,35,36)/t18-,25-/m1/s1. The third kappa shape index (κ3) is 5.27. The maximum atomic E-state index is 13.9. The predicted octanol–water partition coefficient (Wildman–Crippen LogP) is 4.91. The highest BCUT2D eigenvalue weighted by molar-refractivity contribution is 5.69. The number of nitrogens with one attached hydrogen (secondary N) is 2. The normalized spacial score (nSPS) is 21.6. The van der Waals surface area contributed by atoms with Crippen LogP contribution in [0.15, 0.2) is 48.7 Å². The van der Waals surface area contributed by atoms with Gasteiger partial charge in [-0.1, -0.05) is 31.2 Å². The molecule has 1 aromatic heterocycles. The van der Waals surface area contributed by atoms with Crippen molar-refractivity contribution in [2.45, 2.75) is 37.5 Å². The van der Waals surface area contributed by atoms with Gasteiger partial charge in [-0.15, -0.1) is 0 Å². The Morgan fingerprint density at radius 3 is 2.50 bits per heavy atom. The monoisotopic (exact) mass is 554 g/mol. The lowest BCUT2D eigenvalue weighted by Gasteiger charge is -2.43. The van der Waals surface area contributed by atoms with E-state index in [1.165, 1.54) is 0 Å². The van der Waals surface area contributed by atoms with Gasteiger partial charge in [-0.2, -0.15) is 18.2 Å². The first kappa shape index (κ1) is 26.6. The molecule has 1 aliphatic carbocycles. The van der Waals surface area contributed by atoms with Crippen molar-refractivity contribution in [3.05, 3.63) is 65.4 Å². The molecule has 2 aliphatic heterocycles. The molecular weight excluding hydrogens is 521 g/mol. The first-order chi connectivity index (χ1) is 19.3. The van der Waals surface area contributed by atoms with Gasteiger partial charge >= 0.3 is 6.18 Å². The molecule has 40 heavy (non-hydrogen) atoms. The van der Waals surface area contributed by atoms with Gasteiger partial charge in [0.2, 0.25) is 5.95 Å². The number of benzene rings is 2. The van der Waals surface area contributed by atoms with Crippen LogP contribution in [0.4, 0.5) is 36.3 Å². The van der Waals surface area contributed by atoms with Crippen LogP contribution in [0.5, 0.6) is 5.75 Å². The Labute approximate surface area is 231 Å². The highest BCUT2D eigenvalue weighted by atomic mass is 19.4. The van der Waals surface area contributed by atoms with Crippen molar-refractivity contribution in [3.63, 3.8) is 0 Å². The Morgan fingerprint density at radius 1 is 1.05 bits per heavy atom. The van der Waals surface area contributed by atoms with Crippen LogP contribution in [0.1, 0.15) is 29.5 Å². The van der Waals surface area contributed by atoms with Crippen molar-refractivity contribution in [1.29, 1.82) is 0 Å². The third-order valence-electron chi connectivity index (χ3n) is 8.25. The number of ether oxygens (including phenoxy) is 2. The number of hydrogen-bond acceptors (Lipinski definition) is 8. The molecule has 2 N–H and O–H groups in total. The van der Waals surface area contributed by atoms with E-state index in [9.17, 15) is 13.2 Å². The summed E-state index contributed by atoms with van der Waals surface area (Å²) < 4.78 is 52.7. The van der Waals surface area contributed by atoms with E-state index in [0.29, 0.717) is 23.9 Å². The van der Waals surface area contributed by atoms with Crippen molar-refractivity contribution in [1.82, 2.24) is 14.9 Å². The molecule has 3 aromatic rings. The minimum absolute atomic E-state index is 0.0419. The van der Waals surface area contributed by atoms with Crippen LogP contribution in [0.3, 0.4) is 0 Å². The molecule has 0 amide bonds. The fraction of sp³-hybridized carbons (Fsp3) is 0.448. The minimum Gasteiger partial charge on any atom is -0.494 e. The van der Waals surface area contributed by atoms with Gasteiger partial charge in [0.25, 0.3) is 0 Å². The van der Waals surface area contributed by atoms with Gasteiger partial charge in [-0.25, -0.2) is 4.98 Å². The number of aromatic nitrogens is 2. The highest BCUT2D eigenvalue weighted by Crippen LogP contribution is 2.39. The number of alkyl halides is 3. The zero-order chi connectivity index (χ0) is 27.9. The summed E-state index contributed by atoms with van der Waals surface area (Å²) in [5.41, 5.74) is 2.98. The molecule has 0 unspecified atom stereocenters. The van der Waals surface area contributed by atoms with Crippen LogP contribution in [0, 0.1) is 0 Å². The van der Waals surface area contributed by atoms with E-state index in [-0.39, 0.29) is 23.7 Å². The number of fused-ring (bicyclic) bond motifs is 1. The van der Waals surface area contributed by atoms with E-state index in [1.54, 1.807) is 7.11 Å². The van der Waals surface area contributed by atoms with E-state index >= 15 is 0 Å². The number of piperazine rings is 1. The number of hydrogen-bond donors (Lipinski definition) is 2. The molecular formula is C29H33F3N6O2. The van der Waals surface area contributed by atoms with Crippen LogP contribution in [0.2, 0.25) is 0 Å². The summed E-state index contributed by atoms with van der Waals surface area (Å²) in [5, 5.41) is 6.15. The Balaban J connectivity index is 1.19. The molecule has 8 nitrogen and oxygen atoms in total. The van der Waals surface area contributed by atoms with Crippen LogP contribution < -0.4 is 20.3 Å². The van der Waals surface area contributed by atoms with Gasteiger partial charge in [0, 0.05) is 56.1 Å². The Morgan fingerprint density at radius 2 is 1.82 bits per heavy atom. The van der Waals surface area contributed by atoms with Gasteiger partial charge in [0.05, 0.1) is 32.1 Å². The molecule has 2 saturated heterocycles. The Hall–Kier alpha value is -3.57. The smallest absolute Gasteiger partial charge is 0.421 e. The number of rotatable bonds is 7. The summed E-state index contributed by atoms with van der Waals surface area (Å²) in [6.07, 6.45) is -3.14. The summed E-state index contributed by atoms with van der Waals surface area (Å²) in [5.74, 6) is 0.423. The molecule has 0 radical (unpaired) electrons. The molecule has 3 aliphatic rings. The predicted molar refractivity (Wildman–Crippen MR) is 148 cm³/mol. The van der Waals surface area contributed by atoms with Crippen LogP contribution in [-0.2, 0) is 17.3 Å². The maximum Gasteiger partial charge on any atom is 0.421 e. The molecule has 212 valence electrons. The highest BCUT2D eigenvalue weighted by Gasteiger charge is 2.37. The van der Waals surface area contributed by atoms with Crippen LogP contribution in [-0.4, -0.2) is 73.5 Å². The summed E-state index contributed by atoms with van der Waals surface area (Å²) in [7, 11) is 1.57. The van der Waals surface area contributed by atoms with Crippen molar-refractivity contribution in [3.8, 4) is 5.75 Å². The van der Waals surface area contributed by atoms with E-state index in [1.807, 2.05) is 49.4 Å². The number of anilines is 4. The van der Waals surface area contributed by atoms with E-state index in [4.69, 9.17) is 9.47 Å². The first-order valence-corrected chi connectivity index (χ1v) is 13.6. The molecule has 2 aromatic carbocycles. The number of nitrogens with zero attached hydrogens (tertiary/aromatic N) is 4. The molecule has 11 heteroatoms. The summed E-state index contributed by atoms with van der Waals surface area (Å²) >= 11 is 0. The summed E-state index contributed by atoms with van der Waals surface area (Å²) in [6.45, 7) is 7.37. The second-order valence-corrected chi connectivity index (χ2v) is 10.6. The van der Waals surface area contributed by atoms with Gasteiger partial charge < -0.3 is 25.0 Å². The molecule has 0 saturated carbocycles. The lowest BCUT2D eigenvalue weighted by Crippen LogP contribution is -2.56. The van der Waals surface area contributed by atoms with Crippen molar-refractivity contribution in [2.75, 3.05) is 62.0 Å². The maximum absolute atomic E-state index is 13.9. The summed E-state index contributed by atoms with van der Waals surface area (Å²) in [6, 6.07) is 14.0. The van der Waals surface area contributed by atoms with E-state index in [2.05, 4.69) is 30.4 Å². The Kier molecular flexibility index (Phi) is 7.18. The van der Waals surface area contributed by atoms with E-state index in [0.717, 1.165) is 62.4 Å². The summed E-state index contributed by atoms with van der Waals surface area (Å²) in [4.78, 5) is 13.1. The van der Waals surface area contributed by atoms with Crippen molar-refractivity contribution >= 4 is 23.1 Å². The first-order valence-electron chi connectivity index (χ1n) is 13.6. The van der Waals surface area contributed by atoms with Crippen molar-refractivity contribution < 1.29 is 22.6 Å². The molecule has 6 rings (SSSR count). The molecule has 2 atom stereocenters. The zero-order valence-electron chi connectivity index (χ0n) is 22.5. The average Bonchev–Trinajstić information content (AvgIpc) is 3.23. The molecule has 0 bridgehead atoms. The zero-order valence-corrected chi connectivity index (χ0v) is 22.5. The molecule has 0 spiro atoms. The molecule has 2 fully saturated rings. The number of methoxy groups -OCH3 is 1. The molecule has 3 heterocycles. The Bertz CT molecular complexity index is 1360. The topological polar surface area (TPSA) is 74.8 Å². The number of halogens is 3.